The molecule has 3 N–H and O–H groups in total. The first-order valence-corrected chi connectivity index (χ1v) is 6.51. The molecule has 0 heterocycles. The fourth-order valence-electron chi connectivity index (χ4n) is 1.11. The molecule has 0 bridgehead atoms. The third-order valence-corrected chi connectivity index (χ3v) is 3.61. The SMILES string of the molecule is COc1ccc(S(=O)(=O)NCC(F)(F)CN)cc1.Cl. The van der Waals surface area contributed by atoms with Crippen molar-refractivity contribution in [2.24, 2.45) is 5.73 Å². The van der Waals surface area contributed by atoms with E-state index in [2.05, 4.69) is 0 Å². The second kappa shape index (κ2) is 6.99. The molecule has 9 heteroatoms. The fourth-order valence-corrected chi connectivity index (χ4v) is 2.17. The van der Waals surface area contributed by atoms with E-state index in [1.165, 1.54) is 31.4 Å². The summed E-state index contributed by atoms with van der Waals surface area (Å²) in [6.45, 7) is -1.95. The molecule has 0 aliphatic heterocycles. The van der Waals surface area contributed by atoms with Gasteiger partial charge in [0.05, 0.1) is 25.1 Å². The molecule has 0 aliphatic rings. The molecule has 0 aromatic heterocycles. The van der Waals surface area contributed by atoms with Crippen molar-refractivity contribution in [3.05, 3.63) is 24.3 Å². The molecule has 0 aliphatic carbocycles. The summed E-state index contributed by atoms with van der Waals surface area (Å²) in [5.41, 5.74) is 4.81. The van der Waals surface area contributed by atoms with Crippen molar-refractivity contribution >= 4 is 22.4 Å². The second-order valence-electron chi connectivity index (χ2n) is 3.56. The third-order valence-electron chi connectivity index (χ3n) is 2.19. The number of hydrogen-bond donors (Lipinski definition) is 2. The molecule has 0 unspecified atom stereocenters. The molecular weight excluding hydrogens is 302 g/mol. The van der Waals surface area contributed by atoms with Crippen LogP contribution in [0.1, 0.15) is 0 Å². The second-order valence-corrected chi connectivity index (χ2v) is 5.33. The zero-order valence-electron chi connectivity index (χ0n) is 10.1. The van der Waals surface area contributed by atoms with Crippen molar-refractivity contribution in [1.82, 2.24) is 4.72 Å². The Morgan fingerprint density at radius 2 is 1.84 bits per heavy atom. The van der Waals surface area contributed by atoms with Crippen molar-refractivity contribution in [3.8, 4) is 5.75 Å². The topological polar surface area (TPSA) is 81.4 Å². The van der Waals surface area contributed by atoms with E-state index in [1.54, 1.807) is 4.72 Å². The number of rotatable bonds is 6. The summed E-state index contributed by atoms with van der Waals surface area (Å²) in [6.07, 6.45) is 0. The fraction of sp³-hybridized carbons (Fsp3) is 0.400. The quantitative estimate of drug-likeness (QED) is 0.820. The molecule has 1 aromatic carbocycles. The maximum absolute atomic E-state index is 12.8. The lowest BCUT2D eigenvalue weighted by Gasteiger charge is -2.14. The Morgan fingerprint density at radius 3 is 2.26 bits per heavy atom. The standard InChI is InChI=1S/C10H14F2N2O3S.ClH/c1-17-8-2-4-9(5-3-8)18(15,16)14-7-10(11,12)6-13;/h2-5,14H,6-7,13H2,1H3;1H. The van der Waals surface area contributed by atoms with Gasteiger partial charge < -0.3 is 10.5 Å². The summed E-state index contributed by atoms with van der Waals surface area (Å²) in [6, 6.07) is 5.38. The van der Waals surface area contributed by atoms with Crippen LogP contribution in [0.3, 0.4) is 0 Å². The molecule has 0 amide bonds. The minimum Gasteiger partial charge on any atom is -0.497 e. The van der Waals surface area contributed by atoms with Gasteiger partial charge in [-0.1, -0.05) is 0 Å². The third kappa shape index (κ3) is 5.27. The summed E-state index contributed by atoms with van der Waals surface area (Å²) in [5, 5.41) is 0. The predicted octanol–water partition coefficient (Wildman–Crippen LogP) is 0.989. The number of methoxy groups -OCH3 is 1. The lowest BCUT2D eigenvalue weighted by molar-refractivity contribution is 0.0170. The maximum atomic E-state index is 12.8. The van der Waals surface area contributed by atoms with Gasteiger partial charge in [-0.05, 0) is 24.3 Å². The Hall–Kier alpha value is -0.960. The molecule has 0 saturated heterocycles. The van der Waals surface area contributed by atoms with Crippen LogP contribution in [0.5, 0.6) is 5.75 Å². The molecule has 0 fully saturated rings. The van der Waals surface area contributed by atoms with E-state index in [9.17, 15) is 17.2 Å². The molecule has 0 spiro atoms. The number of sulfonamides is 1. The first kappa shape index (κ1) is 18.0. The number of benzene rings is 1. The van der Waals surface area contributed by atoms with Crippen LogP contribution in [0.15, 0.2) is 29.2 Å². The van der Waals surface area contributed by atoms with Crippen molar-refractivity contribution < 1.29 is 21.9 Å². The number of ether oxygens (including phenoxy) is 1. The van der Waals surface area contributed by atoms with Crippen LogP contribution >= 0.6 is 12.4 Å². The maximum Gasteiger partial charge on any atom is 0.273 e. The van der Waals surface area contributed by atoms with E-state index in [4.69, 9.17) is 10.5 Å². The van der Waals surface area contributed by atoms with Crippen LogP contribution in [0.4, 0.5) is 8.78 Å². The van der Waals surface area contributed by atoms with Gasteiger partial charge in [0.25, 0.3) is 5.92 Å². The van der Waals surface area contributed by atoms with Gasteiger partial charge >= 0.3 is 0 Å². The van der Waals surface area contributed by atoms with Crippen LogP contribution in [-0.2, 0) is 10.0 Å². The van der Waals surface area contributed by atoms with Crippen molar-refractivity contribution in [1.29, 1.82) is 0 Å². The number of alkyl halides is 2. The van der Waals surface area contributed by atoms with Gasteiger partial charge in [-0.15, -0.1) is 12.4 Å². The Morgan fingerprint density at radius 1 is 1.32 bits per heavy atom. The summed E-state index contributed by atoms with van der Waals surface area (Å²) in [5.74, 6) is -2.79. The highest BCUT2D eigenvalue weighted by Crippen LogP contribution is 2.16. The van der Waals surface area contributed by atoms with Crippen molar-refractivity contribution in [2.45, 2.75) is 10.8 Å². The molecular formula is C10H15ClF2N2O3S. The van der Waals surface area contributed by atoms with E-state index in [-0.39, 0.29) is 17.3 Å². The lowest BCUT2D eigenvalue weighted by atomic mass is 10.3. The van der Waals surface area contributed by atoms with Gasteiger partial charge in [-0.25, -0.2) is 21.9 Å². The Kier molecular flexibility index (Phi) is 6.64. The highest BCUT2D eigenvalue weighted by molar-refractivity contribution is 7.89. The Balaban J connectivity index is 0.00000324. The highest BCUT2D eigenvalue weighted by atomic mass is 35.5. The normalized spacial score (nSPS) is 11.8. The minimum atomic E-state index is -3.97. The molecule has 0 atom stereocenters. The smallest absolute Gasteiger partial charge is 0.273 e. The molecule has 1 aromatic rings. The van der Waals surface area contributed by atoms with Crippen molar-refractivity contribution in [2.75, 3.05) is 20.2 Å². The minimum absolute atomic E-state index is 0. The van der Waals surface area contributed by atoms with Crippen LogP contribution in [0, 0.1) is 0 Å². The predicted molar refractivity (Wildman–Crippen MR) is 69.4 cm³/mol. The molecule has 1 rings (SSSR count). The Labute approximate surface area is 116 Å². The van der Waals surface area contributed by atoms with Gasteiger partial charge in [0.15, 0.2) is 0 Å². The van der Waals surface area contributed by atoms with E-state index in [1.807, 2.05) is 0 Å². The summed E-state index contributed by atoms with van der Waals surface area (Å²) >= 11 is 0. The van der Waals surface area contributed by atoms with Gasteiger partial charge in [-0.3, -0.25) is 0 Å². The van der Waals surface area contributed by atoms with Gasteiger partial charge in [0.2, 0.25) is 10.0 Å². The summed E-state index contributed by atoms with van der Waals surface area (Å²) < 4.78 is 55.7. The van der Waals surface area contributed by atoms with Crippen LogP contribution < -0.4 is 15.2 Å². The van der Waals surface area contributed by atoms with Crippen LogP contribution in [-0.4, -0.2) is 34.5 Å². The lowest BCUT2D eigenvalue weighted by Crippen LogP contribution is -2.41. The average Bonchev–Trinajstić information content (AvgIpc) is 2.37. The number of nitrogens with two attached hydrogens (primary N) is 1. The van der Waals surface area contributed by atoms with Crippen LogP contribution in [0.2, 0.25) is 0 Å². The average molecular weight is 317 g/mol. The molecule has 110 valence electrons. The van der Waals surface area contributed by atoms with Crippen LogP contribution in [0.25, 0.3) is 0 Å². The van der Waals surface area contributed by atoms with E-state index >= 15 is 0 Å². The first-order valence-electron chi connectivity index (χ1n) is 5.02. The largest absolute Gasteiger partial charge is 0.497 e. The summed E-state index contributed by atoms with van der Waals surface area (Å²) in [4.78, 5) is -0.115. The molecule has 5 nitrogen and oxygen atoms in total. The zero-order chi connectivity index (χ0) is 13.8. The van der Waals surface area contributed by atoms with E-state index in [0.29, 0.717) is 5.75 Å². The number of halogens is 3. The van der Waals surface area contributed by atoms with Gasteiger partial charge in [0.1, 0.15) is 5.75 Å². The molecule has 0 saturated carbocycles. The van der Waals surface area contributed by atoms with Crippen molar-refractivity contribution in [3.63, 3.8) is 0 Å². The number of nitrogens with one attached hydrogen (secondary N) is 1. The van der Waals surface area contributed by atoms with Gasteiger partial charge in [-0.2, -0.15) is 0 Å². The highest BCUT2D eigenvalue weighted by Gasteiger charge is 2.29. The summed E-state index contributed by atoms with van der Waals surface area (Å²) in [7, 11) is -2.54. The van der Waals surface area contributed by atoms with E-state index in [0.717, 1.165) is 0 Å². The first-order chi connectivity index (χ1) is 8.30. The van der Waals surface area contributed by atoms with Gasteiger partial charge in [0, 0.05) is 0 Å². The molecule has 0 radical (unpaired) electrons. The number of hydrogen-bond acceptors (Lipinski definition) is 4. The monoisotopic (exact) mass is 316 g/mol. The molecule has 19 heavy (non-hydrogen) atoms. The Bertz CT molecular complexity index is 494. The van der Waals surface area contributed by atoms with E-state index < -0.39 is 29.0 Å². The zero-order valence-corrected chi connectivity index (χ0v) is 11.7.